The van der Waals surface area contributed by atoms with Crippen LogP contribution in [0.25, 0.3) is 0 Å². The molecule has 0 heterocycles. The lowest BCUT2D eigenvalue weighted by atomic mass is 10.2. The summed E-state index contributed by atoms with van der Waals surface area (Å²) in [6.45, 7) is 2.95. The van der Waals surface area contributed by atoms with Gasteiger partial charge >= 0.3 is 0 Å². The van der Waals surface area contributed by atoms with E-state index >= 15 is 0 Å². The molecule has 0 radical (unpaired) electrons. The molecule has 0 aliphatic rings. The van der Waals surface area contributed by atoms with Crippen molar-refractivity contribution in [1.82, 2.24) is 0 Å². The van der Waals surface area contributed by atoms with Crippen LogP contribution in [0.1, 0.15) is 12.5 Å². The first kappa shape index (κ1) is 15.3. The topological polar surface area (TPSA) is 50.7 Å². The Morgan fingerprint density at radius 1 is 1.19 bits per heavy atom. The van der Waals surface area contributed by atoms with Crippen molar-refractivity contribution in [3.8, 4) is 17.2 Å². The fourth-order valence-electron chi connectivity index (χ4n) is 1.96. The Bertz CT molecular complexity index is 616. The van der Waals surface area contributed by atoms with Crippen LogP contribution in [-0.4, -0.2) is 18.8 Å². The number of aromatic hydroxyl groups is 1. The number of halogens is 1. The van der Waals surface area contributed by atoms with Crippen LogP contribution in [0.4, 0.5) is 5.69 Å². The van der Waals surface area contributed by atoms with E-state index in [1.54, 1.807) is 12.1 Å². The van der Waals surface area contributed by atoms with Gasteiger partial charge in [0.25, 0.3) is 0 Å². The van der Waals surface area contributed by atoms with Gasteiger partial charge in [-0.3, -0.25) is 0 Å². The van der Waals surface area contributed by atoms with Crippen LogP contribution in [0.5, 0.6) is 17.2 Å². The minimum Gasteiger partial charge on any atom is -0.504 e. The third-order valence-electron chi connectivity index (χ3n) is 3.02. The molecule has 0 fully saturated rings. The minimum absolute atomic E-state index is 0.143. The van der Waals surface area contributed by atoms with Gasteiger partial charge < -0.3 is 19.9 Å². The number of benzene rings is 2. The molecule has 0 atom stereocenters. The predicted octanol–water partition coefficient (Wildman–Crippen LogP) is 4.07. The lowest BCUT2D eigenvalue weighted by molar-refractivity contribution is 0.340. The van der Waals surface area contributed by atoms with Crippen molar-refractivity contribution >= 4 is 17.3 Å². The normalized spacial score (nSPS) is 10.2. The number of phenols is 1. The van der Waals surface area contributed by atoms with Gasteiger partial charge in [-0.25, -0.2) is 0 Å². The van der Waals surface area contributed by atoms with Gasteiger partial charge in [-0.2, -0.15) is 0 Å². The number of rotatable bonds is 6. The number of methoxy groups -OCH3 is 1. The van der Waals surface area contributed by atoms with E-state index in [1.807, 2.05) is 31.2 Å². The lowest BCUT2D eigenvalue weighted by Crippen LogP contribution is -2.01. The van der Waals surface area contributed by atoms with Crippen molar-refractivity contribution in [2.24, 2.45) is 0 Å². The molecule has 0 saturated heterocycles. The second kappa shape index (κ2) is 7.09. The predicted molar refractivity (Wildman–Crippen MR) is 84.6 cm³/mol. The van der Waals surface area contributed by atoms with Crippen molar-refractivity contribution < 1.29 is 14.6 Å². The number of hydrogen-bond donors (Lipinski definition) is 2. The van der Waals surface area contributed by atoms with Crippen LogP contribution in [0, 0.1) is 0 Å². The summed E-state index contributed by atoms with van der Waals surface area (Å²) in [5.74, 6) is 1.26. The van der Waals surface area contributed by atoms with Crippen LogP contribution in [-0.2, 0) is 6.54 Å². The minimum atomic E-state index is 0.143. The maximum absolute atomic E-state index is 10.0. The van der Waals surface area contributed by atoms with E-state index in [0.717, 1.165) is 11.3 Å². The molecule has 0 amide bonds. The molecular formula is C16H18ClNO3. The smallest absolute Gasteiger partial charge is 0.162 e. The van der Waals surface area contributed by atoms with Gasteiger partial charge in [0.2, 0.25) is 0 Å². The molecule has 4 nitrogen and oxygen atoms in total. The average molecular weight is 308 g/mol. The molecule has 21 heavy (non-hydrogen) atoms. The van der Waals surface area contributed by atoms with Gasteiger partial charge in [0.1, 0.15) is 5.75 Å². The molecular weight excluding hydrogens is 290 g/mol. The number of ether oxygens (including phenoxy) is 2. The molecule has 0 aromatic heterocycles. The Balaban J connectivity index is 2.08. The highest BCUT2D eigenvalue weighted by Crippen LogP contribution is 2.31. The molecule has 2 aromatic carbocycles. The van der Waals surface area contributed by atoms with Crippen LogP contribution in [0.2, 0.25) is 5.02 Å². The number of para-hydroxylation sites is 1. The van der Waals surface area contributed by atoms with Gasteiger partial charge in [0, 0.05) is 17.8 Å². The number of phenolic OH excluding ortho intramolecular Hbond substituents is 1. The molecule has 112 valence electrons. The average Bonchev–Trinajstić information content (AvgIpc) is 2.49. The SMILES string of the molecule is CCOc1ccc(NCc2cccc(OC)c2O)cc1Cl. The molecule has 0 spiro atoms. The van der Waals surface area contributed by atoms with Crippen molar-refractivity contribution in [2.75, 3.05) is 19.0 Å². The maximum atomic E-state index is 10.0. The standard InChI is InChI=1S/C16H18ClNO3/c1-3-21-14-8-7-12(9-13(14)17)18-10-11-5-4-6-15(20-2)16(11)19/h4-9,18-19H,3,10H2,1-2H3. The molecule has 0 saturated carbocycles. The van der Waals surface area contributed by atoms with Crippen LogP contribution >= 0.6 is 11.6 Å². The van der Waals surface area contributed by atoms with Crippen LogP contribution < -0.4 is 14.8 Å². The number of hydrogen-bond acceptors (Lipinski definition) is 4. The highest BCUT2D eigenvalue weighted by Gasteiger charge is 2.07. The highest BCUT2D eigenvalue weighted by molar-refractivity contribution is 6.32. The number of nitrogens with one attached hydrogen (secondary N) is 1. The summed E-state index contributed by atoms with van der Waals surface area (Å²) in [6, 6.07) is 10.9. The van der Waals surface area contributed by atoms with Crippen molar-refractivity contribution in [3.05, 3.63) is 47.0 Å². The van der Waals surface area contributed by atoms with E-state index in [1.165, 1.54) is 7.11 Å². The van der Waals surface area contributed by atoms with Crippen LogP contribution in [0.15, 0.2) is 36.4 Å². The monoisotopic (exact) mass is 307 g/mol. The van der Waals surface area contributed by atoms with E-state index in [2.05, 4.69) is 5.32 Å². The van der Waals surface area contributed by atoms with Gasteiger partial charge in [0.15, 0.2) is 11.5 Å². The molecule has 5 heteroatoms. The van der Waals surface area contributed by atoms with Gasteiger partial charge in [-0.15, -0.1) is 0 Å². The van der Waals surface area contributed by atoms with Crippen molar-refractivity contribution in [2.45, 2.75) is 13.5 Å². The summed E-state index contributed by atoms with van der Waals surface area (Å²) in [7, 11) is 1.53. The van der Waals surface area contributed by atoms with E-state index in [-0.39, 0.29) is 5.75 Å². The number of anilines is 1. The van der Waals surface area contributed by atoms with Gasteiger partial charge in [-0.1, -0.05) is 23.7 Å². The fraction of sp³-hybridized carbons (Fsp3) is 0.250. The third kappa shape index (κ3) is 3.73. The summed E-state index contributed by atoms with van der Waals surface area (Å²) >= 11 is 6.13. The first-order valence-electron chi connectivity index (χ1n) is 6.66. The van der Waals surface area contributed by atoms with Gasteiger partial charge in [0.05, 0.1) is 18.7 Å². The second-order valence-electron chi connectivity index (χ2n) is 4.40. The first-order valence-corrected chi connectivity index (χ1v) is 7.04. The van der Waals surface area contributed by atoms with Crippen LogP contribution in [0.3, 0.4) is 0 Å². The quantitative estimate of drug-likeness (QED) is 0.845. The maximum Gasteiger partial charge on any atom is 0.162 e. The van der Waals surface area contributed by atoms with Gasteiger partial charge in [-0.05, 0) is 31.2 Å². The molecule has 0 aliphatic heterocycles. The zero-order chi connectivity index (χ0) is 15.2. The zero-order valence-electron chi connectivity index (χ0n) is 12.0. The second-order valence-corrected chi connectivity index (χ2v) is 4.81. The molecule has 0 bridgehead atoms. The summed E-state index contributed by atoms with van der Waals surface area (Å²) in [5, 5.41) is 13.8. The Kier molecular flexibility index (Phi) is 5.17. The first-order chi connectivity index (χ1) is 10.2. The Hall–Kier alpha value is -2.07. The molecule has 2 rings (SSSR count). The fourth-order valence-corrected chi connectivity index (χ4v) is 2.19. The molecule has 2 N–H and O–H groups in total. The Morgan fingerprint density at radius 2 is 2.00 bits per heavy atom. The Morgan fingerprint density at radius 3 is 2.67 bits per heavy atom. The largest absolute Gasteiger partial charge is 0.504 e. The molecule has 0 unspecified atom stereocenters. The molecule has 0 aliphatic carbocycles. The summed E-state index contributed by atoms with van der Waals surface area (Å²) in [5.41, 5.74) is 1.60. The third-order valence-corrected chi connectivity index (χ3v) is 3.31. The highest BCUT2D eigenvalue weighted by atomic mass is 35.5. The van der Waals surface area contributed by atoms with E-state index in [9.17, 15) is 5.11 Å². The van der Waals surface area contributed by atoms with Crippen molar-refractivity contribution in [3.63, 3.8) is 0 Å². The van der Waals surface area contributed by atoms with Crippen molar-refractivity contribution in [1.29, 1.82) is 0 Å². The molecule has 2 aromatic rings. The van der Waals surface area contributed by atoms with E-state index in [0.29, 0.717) is 29.7 Å². The lowest BCUT2D eigenvalue weighted by Gasteiger charge is -2.12. The zero-order valence-corrected chi connectivity index (χ0v) is 12.8. The summed E-state index contributed by atoms with van der Waals surface area (Å²) < 4.78 is 10.5. The summed E-state index contributed by atoms with van der Waals surface area (Å²) in [6.07, 6.45) is 0. The Labute approximate surface area is 129 Å². The summed E-state index contributed by atoms with van der Waals surface area (Å²) in [4.78, 5) is 0. The van der Waals surface area contributed by atoms with E-state index in [4.69, 9.17) is 21.1 Å². The van der Waals surface area contributed by atoms with E-state index < -0.39 is 0 Å².